The lowest BCUT2D eigenvalue weighted by molar-refractivity contribution is -0.139. The van der Waals surface area contributed by atoms with Crippen molar-refractivity contribution in [1.29, 1.82) is 0 Å². The van der Waals surface area contributed by atoms with Crippen molar-refractivity contribution in [2.75, 3.05) is 0 Å². The van der Waals surface area contributed by atoms with Crippen LogP contribution in [0.15, 0.2) is 24.5 Å². The lowest BCUT2D eigenvalue weighted by Gasteiger charge is -2.04. The molecule has 0 aliphatic carbocycles. The largest absolute Gasteiger partial charge is 0.388 e. The molecule has 0 radical (unpaired) electrons. The molecule has 1 aromatic rings. The van der Waals surface area contributed by atoms with Crippen LogP contribution in [-0.4, -0.2) is 23.0 Å². The van der Waals surface area contributed by atoms with Crippen molar-refractivity contribution in [3.63, 3.8) is 0 Å². The summed E-state index contributed by atoms with van der Waals surface area (Å²) in [6.45, 7) is 1.45. The van der Waals surface area contributed by atoms with Gasteiger partial charge < -0.3 is 10.5 Å². The maximum Gasteiger partial charge on any atom is 0.345 e. The lowest BCUT2D eigenvalue weighted by atomic mass is 10.3. The van der Waals surface area contributed by atoms with Gasteiger partial charge in [-0.15, -0.1) is 0 Å². The third kappa shape index (κ3) is 2.63. The number of nitrogens with zero attached hydrogens (tertiary/aromatic N) is 1. The van der Waals surface area contributed by atoms with Gasteiger partial charge in [-0.3, -0.25) is 4.98 Å². The van der Waals surface area contributed by atoms with Gasteiger partial charge in [-0.25, -0.2) is 9.59 Å². The second-order valence-corrected chi connectivity index (χ2v) is 2.73. The van der Waals surface area contributed by atoms with Gasteiger partial charge in [0.1, 0.15) is 6.04 Å². The van der Waals surface area contributed by atoms with Crippen molar-refractivity contribution < 1.29 is 14.3 Å². The Morgan fingerprint density at radius 2 is 2.00 bits per heavy atom. The normalized spacial score (nSPS) is 11.9. The average molecular weight is 194 g/mol. The third-order valence-electron chi connectivity index (χ3n) is 1.48. The van der Waals surface area contributed by atoms with Crippen LogP contribution in [0.25, 0.3) is 0 Å². The standard InChI is InChI=1S/C9H10N2O3/c1-6(10)8(12)14-9(13)7-2-4-11-5-3-7/h2-6H,10H2,1H3/t6-/m0/s1. The van der Waals surface area contributed by atoms with E-state index in [1.807, 2.05) is 0 Å². The van der Waals surface area contributed by atoms with E-state index in [9.17, 15) is 9.59 Å². The van der Waals surface area contributed by atoms with Gasteiger partial charge >= 0.3 is 11.9 Å². The molecule has 0 unspecified atom stereocenters. The number of hydrogen-bond acceptors (Lipinski definition) is 5. The zero-order chi connectivity index (χ0) is 10.6. The predicted octanol–water partition coefficient (Wildman–Crippen LogP) is 0.112. The van der Waals surface area contributed by atoms with Crippen LogP contribution in [0, 0.1) is 0 Å². The van der Waals surface area contributed by atoms with Crippen molar-refractivity contribution in [1.82, 2.24) is 4.98 Å². The first-order valence-electron chi connectivity index (χ1n) is 4.03. The van der Waals surface area contributed by atoms with E-state index < -0.39 is 18.0 Å². The minimum absolute atomic E-state index is 0.272. The maximum atomic E-state index is 11.2. The molecule has 5 nitrogen and oxygen atoms in total. The summed E-state index contributed by atoms with van der Waals surface area (Å²) in [4.78, 5) is 25.9. The predicted molar refractivity (Wildman–Crippen MR) is 48.3 cm³/mol. The summed E-state index contributed by atoms with van der Waals surface area (Å²) in [5.41, 5.74) is 5.50. The molecule has 0 amide bonds. The summed E-state index contributed by atoms with van der Waals surface area (Å²) < 4.78 is 4.47. The number of rotatable bonds is 2. The maximum absolute atomic E-state index is 11.2. The highest BCUT2D eigenvalue weighted by Gasteiger charge is 2.15. The zero-order valence-corrected chi connectivity index (χ0v) is 7.64. The van der Waals surface area contributed by atoms with E-state index in [-0.39, 0.29) is 5.56 Å². The van der Waals surface area contributed by atoms with Gasteiger partial charge in [0.25, 0.3) is 0 Å². The molecule has 1 heterocycles. The Bertz CT molecular complexity index is 335. The van der Waals surface area contributed by atoms with Crippen LogP contribution in [-0.2, 0) is 9.53 Å². The number of carbonyl (C=O) groups is 2. The fourth-order valence-electron chi connectivity index (χ4n) is 0.731. The molecule has 0 saturated carbocycles. The lowest BCUT2D eigenvalue weighted by Crippen LogP contribution is -2.30. The number of hydrogen-bond donors (Lipinski definition) is 1. The summed E-state index contributed by atoms with van der Waals surface area (Å²) in [7, 11) is 0. The molecule has 0 fully saturated rings. The Morgan fingerprint density at radius 3 is 2.50 bits per heavy atom. The summed E-state index contributed by atoms with van der Waals surface area (Å²) >= 11 is 0. The molecular weight excluding hydrogens is 184 g/mol. The van der Waals surface area contributed by atoms with Crippen molar-refractivity contribution in [3.8, 4) is 0 Å². The highest BCUT2D eigenvalue weighted by atomic mass is 16.6. The van der Waals surface area contributed by atoms with Crippen molar-refractivity contribution in [3.05, 3.63) is 30.1 Å². The molecule has 5 heteroatoms. The molecule has 0 aromatic carbocycles. The first-order chi connectivity index (χ1) is 6.61. The summed E-state index contributed by atoms with van der Waals surface area (Å²) in [6, 6.07) is 2.11. The Balaban J connectivity index is 2.65. The summed E-state index contributed by atoms with van der Waals surface area (Å²) in [5.74, 6) is -1.46. The van der Waals surface area contributed by atoms with Crippen LogP contribution in [0.1, 0.15) is 17.3 Å². The Kier molecular flexibility index (Phi) is 3.30. The Morgan fingerprint density at radius 1 is 1.43 bits per heavy atom. The molecule has 0 bridgehead atoms. The van der Waals surface area contributed by atoms with Gasteiger partial charge in [-0.2, -0.15) is 0 Å². The van der Waals surface area contributed by atoms with E-state index in [0.717, 1.165) is 0 Å². The van der Waals surface area contributed by atoms with E-state index in [1.165, 1.54) is 31.5 Å². The highest BCUT2D eigenvalue weighted by molar-refractivity contribution is 5.97. The Labute approximate surface area is 80.9 Å². The SMILES string of the molecule is C[C@H](N)C(=O)OC(=O)c1ccncc1. The minimum Gasteiger partial charge on any atom is -0.388 e. The monoisotopic (exact) mass is 194 g/mol. The number of ether oxygens (including phenoxy) is 1. The minimum atomic E-state index is -0.805. The van der Waals surface area contributed by atoms with Gasteiger partial charge in [0, 0.05) is 12.4 Å². The van der Waals surface area contributed by atoms with Crippen LogP contribution in [0.3, 0.4) is 0 Å². The summed E-state index contributed by atoms with van der Waals surface area (Å²) in [5, 5.41) is 0. The van der Waals surface area contributed by atoms with Gasteiger partial charge in [0.15, 0.2) is 0 Å². The number of carbonyl (C=O) groups excluding carboxylic acids is 2. The van der Waals surface area contributed by atoms with E-state index in [4.69, 9.17) is 5.73 Å². The molecular formula is C9H10N2O3. The third-order valence-corrected chi connectivity index (χ3v) is 1.48. The molecule has 0 aliphatic heterocycles. The van der Waals surface area contributed by atoms with E-state index >= 15 is 0 Å². The molecule has 1 rings (SSSR count). The van der Waals surface area contributed by atoms with Crippen molar-refractivity contribution in [2.24, 2.45) is 5.73 Å². The van der Waals surface area contributed by atoms with Crippen LogP contribution < -0.4 is 5.73 Å². The number of aromatic nitrogens is 1. The first kappa shape index (κ1) is 10.3. The van der Waals surface area contributed by atoms with Crippen molar-refractivity contribution >= 4 is 11.9 Å². The van der Waals surface area contributed by atoms with E-state index in [0.29, 0.717) is 0 Å². The van der Waals surface area contributed by atoms with Gasteiger partial charge in [0.05, 0.1) is 5.56 Å². The zero-order valence-electron chi connectivity index (χ0n) is 7.64. The van der Waals surface area contributed by atoms with Crippen LogP contribution >= 0.6 is 0 Å². The van der Waals surface area contributed by atoms with Gasteiger partial charge in [0.2, 0.25) is 0 Å². The quantitative estimate of drug-likeness (QED) is 0.533. The molecule has 1 aromatic heterocycles. The van der Waals surface area contributed by atoms with Gasteiger partial charge in [-0.05, 0) is 19.1 Å². The molecule has 0 spiro atoms. The van der Waals surface area contributed by atoms with Crippen LogP contribution in [0.2, 0.25) is 0 Å². The summed E-state index contributed by atoms with van der Waals surface area (Å²) in [6.07, 6.45) is 2.87. The highest BCUT2D eigenvalue weighted by Crippen LogP contribution is 2.00. The molecule has 0 aliphatic rings. The Hall–Kier alpha value is -1.75. The molecule has 1 atom stereocenters. The number of nitrogens with two attached hydrogens (primary N) is 1. The van der Waals surface area contributed by atoms with Crippen LogP contribution in [0.4, 0.5) is 0 Å². The number of esters is 2. The number of pyridine rings is 1. The second-order valence-electron chi connectivity index (χ2n) is 2.73. The smallest absolute Gasteiger partial charge is 0.345 e. The molecule has 74 valence electrons. The van der Waals surface area contributed by atoms with Gasteiger partial charge in [-0.1, -0.05) is 0 Å². The fourth-order valence-corrected chi connectivity index (χ4v) is 0.731. The van der Waals surface area contributed by atoms with Crippen LogP contribution in [0.5, 0.6) is 0 Å². The van der Waals surface area contributed by atoms with E-state index in [2.05, 4.69) is 9.72 Å². The first-order valence-corrected chi connectivity index (χ1v) is 4.03. The topological polar surface area (TPSA) is 82.3 Å². The molecule has 2 N–H and O–H groups in total. The fraction of sp³-hybridized carbons (Fsp3) is 0.222. The van der Waals surface area contributed by atoms with Crippen molar-refractivity contribution in [2.45, 2.75) is 13.0 Å². The molecule has 14 heavy (non-hydrogen) atoms. The average Bonchev–Trinajstić information content (AvgIpc) is 2.19. The molecule has 0 saturated heterocycles. The second kappa shape index (κ2) is 4.48. The van der Waals surface area contributed by atoms with E-state index in [1.54, 1.807) is 0 Å².